The van der Waals surface area contributed by atoms with Gasteiger partial charge in [-0.2, -0.15) is 0 Å². The Morgan fingerprint density at radius 3 is 2.46 bits per heavy atom. The number of hydrogen-bond donors (Lipinski definition) is 1. The van der Waals surface area contributed by atoms with E-state index in [4.69, 9.17) is 4.74 Å². The van der Waals surface area contributed by atoms with Gasteiger partial charge in [-0.15, -0.1) is 0 Å². The topological polar surface area (TPSA) is 61.9 Å². The molecule has 0 aliphatic carbocycles. The van der Waals surface area contributed by atoms with Crippen molar-refractivity contribution in [3.8, 4) is 0 Å². The molecule has 26 heavy (non-hydrogen) atoms. The maximum Gasteiger partial charge on any atom is 0.290 e. The number of rotatable bonds is 5. The molecule has 1 fully saturated rings. The molecule has 1 saturated heterocycles. The number of likely N-dealkylation sites (N-methyl/N-ethyl adjacent to an activating group) is 1. The second kappa shape index (κ2) is 8.85. The first-order chi connectivity index (χ1) is 12.7. The van der Waals surface area contributed by atoms with E-state index in [1.54, 1.807) is 0 Å². The molecule has 0 aromatic heterocycles. The van der Waals surface area contributed by atoms with Gasteiger partial charge in [0, 0.05) is 31.9 Å². The monoisotopic (exact) mass is 357 g/mol. The van der Waals surface area contributed by atoms with E-state index in [0.29, 0.717) is 24.5 Å². The molecule has 1 aromatic rings. The fourth-order valence-corrected chi connectivity index (χ4v) is 3.21. The van der Waals surface area contributed by atoms with Gasteiger partial charge < -0.3 is 19.9 Å². The highest BCUT2D eigenvalue weighted by Gasteiger charge is 2.20. The molecule has 140 valence electrons. The highest BCUT2D eigenvalue weighted by atomic mass is 16.5. The van der Waals surface area contributed by atoms with Crippen molar-refractivity contribution in [1.82, 2.24) is 9.80 Å². The van der Waals surface area contributed by atoms with E-state index in [-0.39, 0.29) is 11.8 Å². The molecule has 2 amide bonds. The smallest absolute Gasteiger partial charge is 0.290 e. The van der Waals surface area contributed by atoms with Gasteiger partial charge in [0.15, 0.2) is 5.76 Å². The molecule has 0 bridgehead atoms. The van der Waals surface area contributed by atoms with Crippen LogP contribution in [-0.2, 0) is 20.7 Å². The number of carbonyl (C=O) groups is 2. The SMILES string of the molecule is CCN1CCN(C(=O)Cc2ccc(NC(=O)C3=CCCCO3)cc2)CC1. The number of nitrogens with zero attached hydrogens (tertiary/aromatic N) is 2. The van der Waals surface area contributed by atoms with Crippen LogP contribution < -0.4 is 5.32 Å². The lowest BCUT2D eigenvalue weighted by molar-refractivity contribution is -0.132. The van der Waals surface area contributed by atoms with E-state index < -0.39 is 0 Å². The van der Waals surface area contributed by atoms with Crippen LogP contribution in [0.3, 0.4) is 0 Å². The largest absolute Gasteiger partial charge is 0.488 e. The van der Waals surface area contributed by atoms with Crippen LogP contribution in [0.1, 0.15) is 25.3 Å². The third-order valence-corrected chi connectivity index (χ3v) is 4.90. The summed E-state index contributed by atoms with van der Waals surface area (Å²) < 4.78 is 5.37. The van der Waals surface area contributed by atoms with Gasteiger partial charge in [0.25, 0.3) is 5.91 Å². The molecule has 2 aliphatic heterocycles. The van der Waals surface area contributed by atoms with E-state index >= 15 is 0 Å². The van der Waals surface area contributed by atoms with E-state index in [1.165, 1.54) is 0 Å². The summed E-state index contributed by atoms with van der Waals surface area (Å²) in [6.07, 6.45) is 4.04. The number of carbonyl (C=O) groups excluding carboxylic acids is 2. The third-order valence-electron chi connectivity index (χ3n) is 4.90. The van der Waals surface area contributed by atoms with Crippen molar-refractivity contribution in [2.75, 3.05) is 44.6 Å². The van der Waals surface area contributed by atoms with Crippen molar-refractivity contribution in [2.45, 2.75) is 26.2 Å². The molecule has 0 spiro atoms. The Labute approximate surface area is 154 Å². The Morgan fingerprint density at radius 1 is 1.12 bits per heavy atom. The molecule has 1 aromatic carbocycles. The molecule has 0 saturated carbocycles. The van der Waals surface area contributed by atoms with Crippen LogP contribution in [0.4, 0.5) is 5.69 Å². The van der Waals surface area contributed by atoms with E-state index in [0.717, 1.165) is 51.1 Å². The highest BCUT2D eigenvalue weighted by Crippen LogP contribution is 2.15. The number of anilines is 1. The molecule has 3 rings (SSSR count). The zero-order chi connectivity index (χ0) is 18.4. The van der Waals surface area contributed by atoms with Crippen LogP contribution in [0, 0.1) is 0 Å². The van der Waals surface area contributed by atoms with Crippen LogP contribution in [0.5, 0.6) is 0 Å². The second-order valence-electron chi connectivity index (χ2n) is 6.70. The van der Waals surface area contributed by atoms with E-state index in [1.807, 2.05) is 35.2 Å². The Hall–Kier alpha value is -2.34. The van der Waals surface area contributed by atoms with Gasteiger partial charge in [-0.1, -0.05) is 19.1 Å². The Kier molecular flexibility index (Phi) is 6.28. The number of piperazine rings is 1. The summed E-state index contributed by atoms with van der Waals surface area (Å²) in [6.45, 7) is 7.28. The van der Waals surface area contributed by atoms with Crippen LogP contribution in [-0.4, -0.2) is 60.9 Å². The van der Waals surface area contributed by atoms with Gasteiger partial charge in [0.2, 0.25) is 5.91 Å². The van der Waals surface area contributed by atoms with Gasteiger partial charge in [0.1, 0.15) is 0 Å². The average Bonchev–Trinajstić information content (AvgIpc) is 2.70. The summed E-state index contributed by atoms with van der Waals surface area (Å²) in [5, 5.41) is 2.83. The molecule has 6 nitrogen and oxygen atoms in total. The molecule has 2 aliphatic rings. The van der Waals surface area contributed by atoms with Gasteiger partial charge in [0.05, 0.1) is 13.0 Å². The normalized spacial score (nSPS) is 18.0. The van der Waals surface area contributed by atoms with Crippen molar-refractivity contribution in [3.63, 3.8) is 0 Å². The van der Waals surface area contributed by atoms with Crippen molar-refractivity contribution in [1.29, 1.82) is 0 Å². The molecule has 2 heterocycles. The molecule has 0 radical (unpaired) electrons. The summed E-state index contributed by atoms with van der Waals surface area (Å²) in [7, 11) is 0. The fraction of sp³-hybridized carbons (Fsp3) is 0.500. The second-order valence-corrected chi connectivity index (χ2v) is 6.70. The molecule has 0 atom stereocenters. The maximum atomic E-state index is 12.4. The van der Waals surface area contributed by atoms with Gasteiger partial charge in [-0.25, -0.2) is 0 Å². The molecular formula is C20H27N3O3. The predicted molar refractivity (Wildman–Crippen MR) is 101 cm³/mol. The molecule has 1 N–H and O–H groups in total. The van der Waals surface area contributed by atoms with Crippen LogP contribution >= 0.6 is 0 Å². The first kappa shape index (κ1) is 18.5. The lowest BCUT2D eigenvalue weighted by Crippen LogP contribution is -2.48. The van der Waals surface area contributed by atoms with Crippen molar-refractivity contribution in [3.05, 3.63) is 41.7 Å². The zero-order valence-corrected chi connectivity index (χ0v) is 15.4. The van der Waals surface area contributed by atoms with Crippen molar-refractivity contribution < 1.29 is 14.3 Å². The lowest BCUT2D eigenvalue weighted by Gasteiger charge is -2.34. The summed E-state index contributed by atoms with van der Waals surface area (Å²) in [5.74, 6) is 0.336. The minimum atomic E-state index is -0.220. The summed E-state index contributed by atoms with van der Waals surface area (Å²) >= 11 is 0. The molecule has 0 unspecified atom stereocenters. The summed E-state index contributed by atoms with van der Waals surface area (Å²) in [6, 6.07) is 7.45. The van der Waals surface area contributed by atoms with E-state index in [9.17, 15) is 9.59 Å². The average molecular weight is 357 g/mol. The fourth-order valence-electron chi connectivity index (χ4n) is 3.21. The molecular weight excluding hydrogens is 330 g/mol. The number of ether oxygens (including phenoxy) is 1. The number of hydrogen-bond acceptors (Lipinski definition) is 4. The van der Waals surface area contributed by atoms with Crippen LogP contribution in [0.25, 0.3) is 0 Å². The number of allylic oxidation sites excluding steroid dienone is 1. The maximum absolute atomic E-state index is 12.4. The Balaban J connectivity index is 1.50. The van der Waals surface area contributed by atoms with Crippen LogP contribution in [0.15, 0.2) is 36.1 Å². The summed E-state index contributed by atoms with van der Waals surface area (Å²) in [4.78, 5) is 28.9. The zero-order valence-electron chi connectivity index (χ0n) is 15.4. The highest BCUT2D eigenvalue weighted by molar-refractivity contribution is 6.02. The van der Waals surface area contributed by atoms with Gasteiger partial charge in [-0.05, 0) is 43.2 Å². The first-order valence-corrected chi connectivity index (χ1v) is 9.39. The van der Waals surface area contributed by atoms with Gasteiger partial charge in [-0.3, -0.25) is 9.59 Å². The van der Waals surface area contributed by atoms with Gasteiger partial charge >= 0.3 is 0 Å². The third kappa shape index (κ3) is 4.85. The van der Waals surface area contributed by atoms with Crippen molar-refractivity contribution in [2.24, 2.45) is 0 Å². The number of benzene rings is 1. The van der Waals surface area contributed by atoms with E-state index in [2.05, 4.69) is 17.1 Å². The minimum Gasteiger partial charge on any atom is -0.488 e. The Morgan fingerprint density at radius 2 is 1.85 bits per heavy atom. The first-order valence-electron chi connectivity index (χ1n) is 9.39. The lowest BCUT2D eigenvalue weighted by atomic mass is 10.1. The van der Waals surface area contributed by atoms with Crippen molar-refractivity contribution >= 4 is 17.5 Å². The Bertz CT molecular complexity index is 661. The standard InChI is InChI=1S/C20H27N3O3/c1-2-22-10-12-23(13-11-22)19(24)15-16-6-8-17(9-7-16)21-20(25)18-5-3-4-14-26-18/h5-9H,2-4,10-15H2,1H3,(H,21,25). The predicted octanol–water partition coefficient (Wildman–Crippen LogP) is 2.03. The number of amides is 2. The number of nitrogens with one attached hydrogen (secondary N) is 1. The van der Waals surface area contributed by atoms with Crippen LogP contribution in [0.2, 0.25) is 0 Å². The minimum absolute atomic E-state index is 0.165. The molecule has 6 heteroatoms. The quantitative estimate of drug-likeness (QED) is 0.876. The summed E-state index contributed by atoms with van der Waals surface area (Å²) in [5.41, 5.74) is 1.66.